The number of nitrogens with one attached hydrogen (secondary N) is 1. The van der Waals surface area contributed by atoms with Crippen molar-refractivity contribution < 1.29 is 18.7 Å². The summed E-state index contributed by atoms with van der Waals surface area (Å²) in [6, 6.07) is 6.38. The Kier molecular flexibility index (Phi) is 6.90. The minimum atomic E-state index is -0.427. The van der Waals surface area contributed by atoms with Gasteiger partial charge in [-0.2, -0.15) is 0 Å². The standard InChI is InChI=1S/C28H33Cl2FN2O3/c1-15(2)35-25-21(29)10-17(11-22(25)30)19-9-18-13-28(3,4)26(20(18)12-23(19)31)32-27(34)36-24-14-33-7-5-16(24)6-8-33/h9-12,15-16,24,26H,5-8,13-14H2,1-4H3,(H,32,34)/t24-,26-/m0/s1. The van der Waals surface area contributed by atoms with E-state index in [1.165, 1.54) is 6.07 Å². The van der Waals surface area contributed by atoms with Crippen LogP contribution in [0, 0.1) is 17.2 Å². The van der Waals surface area contributed by atoms with Crippen LogP contribution in [0.5, 0.6) is 5.75 Å². The number of rotatable bonds is 5. The molecule has 1 amide bonds. The van der Waals surface area contributed by atoms with Crippen molar-refractivity contribution in [3.05, 3.63) is 51.3 Å². The SMILES string of the molecule is CC(C)Oc1c(Cl)cc(-c2cc3c(cc2F)[C@H](NC(=O)O[C@H]2CN4CCC2CC4)C(C)(C)C3)cc1Cl. The van der Waals surface area contributed by atoms with E-state index in [0.717, 1.165) is 43.6 Å². The maximum absolute atomic E-state index is 15.5. The van der Waals surface area contributed by atoms with Crippen LogP contribution < -0.4 is 10.1 Å². The molecule has 36 heavy (non-hydrogen) atoms. The molecule has 4 aliphatic rings. The number of hydrogen-bond acceptors (Lipinski definition) is 4. The van der Waals surface area contributed by atoms with Crippen LogP contribution >= 0.6 is 23.2 Å². The molecular formula is C28H33Cl2FN2O3. The first-order valence-corrected chi connectivity index (χ1v) is 13.5. The van der Waals surface area contributed by atoms with E-state index >= 15 is 4.39 Å². The number of carbonyl (C=O) groups is 1. The number of alkyl carbamates (subject to hydrolysis) is 1. The van der Waals surface area contributed by atoms with Crippen molar-refractivity contribution in [2.24, 2.45) is 11.3 Å². The van der Waals surface area contributed by atoms with Gasteiger partial charge in [0.25, 0.3) is 0 Å². The largest absolute Gasteiger partial charge is 0.488 e. The minimum absolute atomic E-state index is 0.0762. The number of hydrogen-bond donors (Lipinski definition) is 1. The number of fused-ring (bicyclic) bond motifs is 4. The third kappa shape index (κ3) is 4.92. The first-order valence-electron chi connectivity index (χ1n) is 12.7. The van der Waals surface area contributed by atoms with Crippen LogP contribution in [0.2, 0.25) is 10.0 Å². The van der Waals surface area contributed by atoms with Crippen LogP contribution in [-0.2, 0) is 11.2 Å². The highest BCUT2D eigenvalue weighted by Crippen LogP contribution is 2.48. The van der Waals surface area contributed by atoms with Gasteiger partial charge in [-0.05, 0) is 98.5 Å². The number of benzene rings is 2. The fourth-order valence-electron chi connectivity index (χ4n) is 5.96. The zero-order chi connectivity index (χ0) is 25.8. The van der Waals surface area contributed by atoms with Crippen molar-refractivity contribution in [1.82, 2.24) is 10.2 Å². The molecule has 0 unspecified atom stereocenters. The lowest BCUT2D eigenvalue weighted by Crippen LogP contribution is -2.53. The molecular weight excluding hydrogens is 502 g/mol. The van der Waals surface area contributed by atoms with Crippen LogP contribution in [0.4, 0.5) is 9.18 Å². The van der Waals surface area contributed by atoms with Gasteiger partial charge in [-0.15, -0.1) is 0 Å². The summed E-state index contributed by atoms with van der Waals surface area (Å²) in [4.78, 5) is 15.3. The molecule has 0 spiro atoms. The van der Waals surface area contributed by atoms with Gasteiger partial charge >= 0.3 is 6.09 Å². The summed E-state index contributed by atoms with van der Waals surface area (Å²) in [5.74, 6) is 0.430. The second-order valence-electron chi connectivity index (χ2n) is 11.3. The lowest BCUT2D eigenvalue weighted by atomic mass is 9.85. The van der Waals surface area contributed by atoms with Gasteiger partial charge in [0.15, 0.2) is 5.75 Å². The smallest absolute Gasteiger partial charge is 0.407 e. The average Bonchev–Trinajstić information content (AvgIpc) is 3.05. The summed E-state index contributed by atoms with van der Waals surface area (Å²) in [5.41, 5.74) is 2.46. The fraction of sp³-hybridized carbons (Fsp3) is 0.536. The van der Waals surface area contributed by atoms with E-state index < -0.39 is 11.9 Å². The van der Waals surface area contributed by atoms with Gasteiger partial charge in [0.05, 0.1) is 22.2 Å². The number of amides is 1. The van der Waals surface area contributed by atoms with Crippen LogP contribution in [0.3, 0.4) is 0 Å². The summed E-state index contributed by atoms with van der Waals surface area (Å²) < 4.78 is 27.0. The summed E-state index contributed by atoms with van der Waals surface area (Å²) in [7, 11) is 0. The molecule has 3 aliphatic heterocycles. The van der Waals surface area contributed by atoms with E-state index in [0.29, 0.717) is 39.3 Å². The molecule has 3 fully saturated rings. The molecule has 3 heterocycles. The highest BCUT2D eigenvalue weighted by molar-refractivity contribution is 6.37. The molecule has 0 aromatic heterocycles. The predicted octanol–water partition coefficient (Wildman–Crippen LogP) is 7.03. The van der Waals surface area contributed by atoms with E-state index in [2.05, 4.69) is 24.1 Å². The summed E-state index contributed by atoms with van der Waals surface area (Å²) >= 11 is 12.9. The van der Waals surface area contributed by atoms with E-state index in [9.17, 15) is 4.79 Å². The molecule has 5 nitrogen and oxygen atoms in total. The summed E-state index contributed by atoms with van der Waals surface area (Å²) in [5, 5.41) is 3.73. The number of carbonyl (C=O) groups excluding carboxylic acids is 1. The first-order chi connectivity index (χ1) is 17.0. The molecule has 1 aliphatic carbocycles. The van der Waals surface area contributed by atoms with Gasteiger partial charge < -0.3 is 14.8 Å². The van der Waals surface area contributed by atoms with Crippen LogP contribution in [0.25, 0.3) is 11.1 Å². The highest BCUT2D eigenvalue weighted by Gasteiger charge is 2.42. The minimum Gasteiger partial charge on any atom is -0.488 e. The van der Waals surface area contributed by atoms with Crippen molar-refractivity contribution >= 4 is 29.3 Å². The van der Waals surface area contributed by atoms with Crippen molar-refractivity contribution in [2.75, 3.05) is 19.6 Å². The second kappa shape index (κ2) is 9.70. The zero-order valence-electron chi connectivity index (χ0n) is 21.2. The molecule has 2 atom stereocenters. The molecule has 3 saturated heterocycles. The Balaban J connectivity index is 1.38. The third-order valence-electron chi connectivity index (χ3n) is 7.75. The second-order valence-corrected chi connectivity index (χ2v) is 12.1. The van der Waals surface area contributed by atoms with Crippen LogP contribution in [0.15, 0.2) is 24.3 Å². The normalized spacial score (nSPS) is 26.1. The first kappa shape index (κ1) is 25.6. The Morgan fingerprint density at radius 2 is 1.81 bits per heavy atom. The number of ether oxygens (including phenoxy) is 2. The third-order valence-corrected chi connectivity index (χ3v) is 8.31. The molecule has 2 aromatic rings. The average molecular weight is 535 g/mol. The van der Waals surface area contributed by atoms with Crippen LogP contribution in [-0.4, -0.2) is 42.8 Å². The molecule has 194 valence electrons. The van der Waals surface area contributed by atoms with Crippen LogP contribution in [0.1, 0.15) is 57.7 Å². The highest BCUT2D eigenvalue weighted by atomic mass is 35.5. The van der Waals surface area contributed by atoms with Crippen molar-refractivity contribution in [3.8, 4) is 16.9 Å². The Morgan fingerprint density at radius 1 is 1.14 bits per heavy atom. The molecule has 2 aromatic carbocycles. The molecule has 6 rings (SSSR count). The molecule has 8 heteroatoms. The predicted molar refractivity (Wildman–Crippen MR) is 140 cm³/mol. The van der Waals surface area contributed by atoms with Gasteiger partial charge in [-0.3, -0.25) is 4.90 Å². The molecule has 0 saturated carbocycles. The van der Waals surface area contributed by atoms with E-state index in [1.807, 2.05) is 19.9 Å². The van der Waals surface area contributed by atoms with E-state index in [-0.39, 0.29) is 23.7 Å². The van der Waals surface area contributed by atoms with Gasteiger partial charge in [0.2, 0.25) is 0 Å². The summed E-state index contributed by atoms with van der Waals surface area (Å²) in [6.07, 6.45) is 2.24. The van der Waals surface area contributed by atoms with Crippen molar-refractivity contribution in [2.45, 2.75) is 65.2 Å². The Hall–Kier alpha value is -2.02. The Bertz CT molecular complexity index is 1150. The topological polar surface area (TPSA) is 50.8 Å². The zero-order valence-corrected chi connectivity index (χ0v) is 22.7. The number of halogens is 3. The van der Waals surface area contributed by atoms with Crippen molar-refractivity contribution in [1.29, 1.82) is 0 Å². The van der Waals surface area contributed by atoms with E-state index in [4.69, 9.17) is 32.7 Å². The van der Waals surface area contributed by atoms with Crippen molar-refractivity contribution in [3.63, 3.8) is 0 Å². The quantitative estimate of drug-likeness (QED) is 0.447. The molecule has 1 N–H and O–H groups in total. The summed E-state index contributed by atoms with van der Waals surface area (Å²) in [6.45, 7) is 10.9. The maximum Gasteiger partial charge on any atom is 0.407 e. The number of nitrogens with zero attached hydrogens (tertiary/aromatic N) is 1. The number of piperidine rings is 3. The van der Waals surface area contributed by atoms with Gasteiger partial charge in [0, 0.05) is 12.1 Å². The van der Waals surface area contributed by atoms with Gasteiger partial charge in [-0.25, -0.2) is 9.18 Å². The van der Waals surface area contributed by atoms with E-state index in [1.54, 1.807) is 12.1 Å². The fourth-order valence-corrected chi connectivity index (χ4v) is 6.54. The maximum atomic E-state index is 15.5. The molecule has 0 radical (unpaired) electrons. The Labute approximate surface area is 222 Å². The molecule has 2 bridgehead atoms. The van der Waals surface area contributed by atoms with Gasteiger partial charge in [0.1, 0.15) is 11.9 Å². The lowest BCUT2D eigenvalue weighted by Gasteiger charge is -2.44. The monoisotopic (exact) mass is 534 g/mol. The Morgan fingerprint density at radius 3 is 2.39 bits per heavy atom. The van der Waals surface area contributed by atoms with Gasteiger partial charge in [-0.1, -0.05) is 37.0 Å². The lowest BCUT2D eigenvalue weighted by molar-refractivity contribution is -0.0349.